The molecule has 0 aliphatic heterocycles. The maximum Gasteiger partial charge on any atom is 0.220 e. The molecule has 14 heavy (non-hydrogen) atoms. The summed E-state index contributed by atoms with van der Waals surface area (Å²) in [5.74, 6) is 1.08. The smallest absolute Gasteiger partial charge is 0.220 e. The average Bonchev–Trinajstić information content (AvgIpc) is 2.20. The molecule has 0 aliphatic rings. The third kappa shape index (κ3) is 9.86. The van der Waals surface area contributed by atoms with Crippen molar-refractivity contribution >= 4 is 17.7 Å². The second-order valence-corrected chi connectivity index (χ2v) is 4.13. The van der Waals surface area contributed by atoms with Crippen LogP contribution in [0.5, 0.6) is 0 Å². The van der Waals surface area contributed by atoms with E-state index >= 15 is 0 Å². The molecule has 0 bridgehead atoms. The van der Waals surface area contributed by atoms with E-state index in [1.807, 2.05) is 6.26 Å². The molecule has 3 nitrogen and oxygen atoms in total. The zero-order valence-corrected chi connectivity index (χ0v) is 9.99. The molecule has 0 aromatic rings. The van der Waals surface area contributed by atoms with Gasteiger partial charge in [-0.05, 0) is 25.5 Å². The molecule has 0 rings (SSSR count). The summed E-state index contributed by atoms with van der Waals surface area (Å²) in [5.41, 5.74) is 0. The minimum atomic E-state index is 0.172. The first-order chi connectivity index (χ1) is 6.81. The third-order valence-electron chi connectivity index (χ3n) is 1.88. The summed E-state index contributed by atoms with van der Waals surface area (Å²) in [6.07, 6.45) is 5.90. The monoisotopic (exact) mass is 219 g/mol. The van der Waals surface area contributed by atoms with Gasteiger partial charge in [0, 0.05) is 32.4 Å². The lowest BCUT2D eigenvalue weighted by molar-refractivity contribution is -0.120. The molecule has 1 N–H and O–H groups in total. The number of carbonyl (C=O) groups is 1. The van der Waals surface area contributed by atoms with Crippen LogP contribution in [0.3, 0.4) is 0 Å². The van der Waals surface area contributed by atoms with E-state index in [-0.39, 0.29) is 5.91 Å². The van der Waals surface area contributed by atoms with Gasteiger partial charge >= 0.3 is 0 Å². The van der Waals surface area contributed by atoms with E-state index in [9.17, 15) is 4.79 Å². The Kier molecular flexibility index (Phi) is 10.7. The van der Waals surface area contributed by atoms with E-state index in [0.717, 1.165) is 38.2 Å². The van der Waals surface area contributed by atoms with E-state index in [4.69, 9.17) is 4.74 Å². The number of rotatable bonds is 9. The summed E-state index contributed by atoms with van der Waals surface area (Å²) < 4.78 is 4.93. The van der Waals surface area contributed by atoms with Gasteiger partial charge in [-0.1, -0.05) is 0 Å². The molecular formula is C10H21NO2S. The van der Waals surface area contributed by atoms with Crippen LogP contribution in [-0.2, 0) is 9.53 Å². The van der Waals surface area contributed by atoms with Gasteiger partial charge < -0.3 is 10.1 Å². The molecule has 0 unspecified atom stereocenters. The number of carbonyl (C=O) groups excluding carboxylic acids is 1. The minimum Gasteiger partial charge on any atom is -0.385 e. The van der Waals surface area contributed by atoms with Gasteiger partial charge in [-0.15, -0.1) is 0 Å². The van der Waals surface area contributed by atoms with Crippen molar-refractivity contribution in [1.29, 1.82) is 0 Å². The van der Waals surface area contributed by atoms with Crippen LogP contribution in [-0.4, -0.2) is 38.2 Å². The number of unbranched alkanes of at least 4 members (excludes halogenated alkanes) is 2. The highest BCUT2D eigenvalue weighted by Gasteiger charge is 1.98. The summed E-state index contributed by atoms with van der Waals surface area (Å²) in [5, 5.41) is 2.90. The van der Waals surface area contributed by atoms with Crippen molar-refractivity contribution in [2.45, 2.75) is 25.7 Å². The minimum absolute atomic E-state index is 0.172. The van der Waals surface area contributed by atoms with E-state index in [0.29, 0.717) is 6.42 Å². The molecule has 4 heteroatoms. The van der Waals surface area contributed by atoms with Crippen LogP contribution < -0.4 is 5.32 Å². The molecule has 0 spiro atoms. The van der Waals surface area contributed by atoms with Crippen LogP contribution in [0.4, 0.5) is 0 Å². The zero-order valence-electron chi connectivity index (χ0n) is 9.17. The zero-order chi connectivity index (χ0) is 10.6. The molecule has 0 aliphatic carbocycles. The first-order valence-corrected chi connectivity index (χ1v) is 6.45. The fourth-order valence-electron chi connectivity index (χ4n) is 1.06. The molecule has 0 radical (unpaired) electrons. The highest BCUT2D eigenvalue weighted by Crippen LogP contribution is 1.96. The average molecular weight is 219 g/mol. The van der Waals surface area contributed by atoms with E-state index in [1.165, 1.54) is 0 Å². The molecule has 84 valence electrons. The quantitative estimate of drug-likeness (QED) is 0.600. The van der Waals surface area contributed by atoms with Crippen LogP contribution in [0, 0.1) is 0 Å². The predicted molar refractivity (Wildman–Crippen MR) is 61.7 cm³/mol. The van der Waals surface area contributed by atoms with Gasteiger partial charge in [0.05, 0.1) is 0 Å². The van der Waals surface area contributed by atoms with Gasteiger partial charge in [0.2, 0.25) is 5.91 Å². The fourth-order valence-corrected chi connectivity index (χ4v) is 1.45. The Morgan fingerprint density at radius 3 is 2.79 bits per heavy atom. The van der Waals surface area contributed by atoms with Crippen LogP contribution in [0.25, 0.3) is 0 Å². The normalized spacial score (nSPS) is 10.1. The molecule has 0 heterocycles. The van der Waals surface area contributed by atoms with Crippen LogP contribution in [0.1, 0.15) is 25.7 Å². The van der Waals surface area contributed by atoms with Crippen molar-refractivity contribution in [3.05, 3.63) is 0 Å². The number of hydrogen-bond donors (Lipinski definition) is 1. The highest BCUT2D eigenvalue weighted by atomic mass is 32.2. The Hall–Kier alpha value is -0.220. The Labute approximate surface area is 91.0 Å². The maximum absolute atomic E-state index is 11.1. The second-order valence-electron chi connectivity index (χ2n) is 3.15. The summed E-state index contributed by atoms with van der Waals surface area (Å²) in [7, 11) is 1.71. The lowest BCUT2D eigenvalue weighted by atomic mass is 10.2. The summed E-state index contributed by atoms with van der Waals surface area (Å²) in [6.45, 7) is 1.62. The second kappa shape index (κ2) is 10.9. The molecule has 0 saturated heterocycles. The molecular weight excluding hydrogens is 198 g/mol. The van der Waals surface area contributed by atoms with Gasteiger partial charge in [-0.25, -0.2) is 0 Å². The number of nitrogens with one attached hydrogen (secondary N) is 1. The van der Waals surface area contributed by atoms with E-state index < -0.39 is 0 Å². The molecule has 0 saturated carbocycles. The van der Waals surface area contributed by atoms with Crippen LogP contribution in [0.2, 0.25) is 0 Å². The van der Waals surface area contributed by atoms with Crippen molar-refractivity contribution in [3.8, 4) is 0 Å². The first kappa shape index (κ1) is 13.8. The number of hydrogen-bond acceptors (Lipinski definition) is 3. The van der Waals surface area contributed by atoms with Crippen LogP contribution >= 0.6 is 11.8 Å². The highest BCUT2D eigenvalue weighted by molar-refractivity contribution is 7.98. The fraction of sp³-hybridized carbons (Fsp3) is 0.900. The largest absolute Gasteiger partial charge is 0.385 e. The first-order valence-electron chi connectivity index (χ1n) is 5.06. The number of thioether (sulfide) groups is 1. The Morgan fingerprint density at radius 1 is 1.36 bits per heavy atom. The van der Waals surface area contributed by atoms with Gasteiger partial charge in [0.1, 0.15) is 0 Å². The summed E-state index contributed by atoms with van der Waals surface area (Å²) in [4.78, 5) is 11.1. The molecule has 0 aromatic carbocycles. The summed E-state index contributed by atoms with van der Waals surface area (Å²) >= 11 is 1.70. The molecule has 0 fully saturated rings. The lowest BCUT2D eigenvalue weighted by Crippen LogP contribution is -2.24. The van der Waals surface area contributed by atoms with Gasteiger partial charge in [0.25, 0.3) is 0 Å². The van der Waals surface area contributed by atoms with E-state index in [2.05, 4.69) is 5.32 Å². The molecule has 0 aromatic heterocycles. The van der Waals surface area contributed by atoms with Crippen molar-refractivity contribution in [3.63, 3.8) is 0 Å². The van der Waals surface area contributed by atoms with Crippen molar-refractivity contribution in [2.24, 2.45) is 0 Å². The van der Waals surface area contributed by atoms with Crippen molar-refractivity contribution in [2.75, 3.05) is 32.3 Å². The molecule has 0 atom stereocenters. The van der Waals surface area contributed by atoms with E-state index in [1.54, 1.807) is 18.9 Å². The third-order valence-corrected chi connectivity index (χ3v) is 2.49. The molecule has 1 amide bonds. The Morgan fingerprint density at radius 2 is 2.14 bits per heavy atom. The van der Waals surface area contributed by atoms with Gasteiger partial charge in [-0.2, -0.15) is 11.8 Å². The van der Waals surface area contributed by atoms with Gasteiger partial charge in [0.15, 0.2) is 0 Å². The SMILES string of the molecule is COCCCCCNC(=O)CCSC. The topological polar surface area (TPSA) is 38.3 Å². The van der Waals surface area contributed by atoms with Crippen molar-refractivity contribution in [1.82, 2.24) is 5.32 Å². The number of methoxy groups -OCH3 is 1. The predicted octanol–water partition coefficient (Wildman–Crippen LogP) is 1.67. The lowest BCUT2D eigenvalue weighted by Gasteiger charge is -2.04. The Balaban J connectivity index is 3.07. The van der Waals surface area contributed by atoms with Gasteiger partial charge in [-0.3, -0.25) is 4.79 Å². The Bertz CT molecular complexity index is 142. The standard InChI is InChI=1S/C10H21NO2S/c1-13-8-5-3-4-7-11-10(12)6-9-14-2/h3-9H2,1-2H3,(H,11,12). The maximum atomic E-state index is 11.1. The summed E-state index contributed by atoms with van der Waals surface area (Å²) in [6, 6.07) is 0. The van der Waals surface area contributed by atoms with Crippen molar-refractivity contribution < 1.29 is 9.53 Å². The number of ether oxygens (including phenoxy) is 1. The van der Waals surface area contributed by atoms with Crippen LogP contribution in [0.15, 0.2) is 0 Å². The number of amides is 1.